The van der Waals surface area contributed by atoms with E-state index in [0.29, 0.717) is 67.3 Å². The van der Waals surface area contributed by atoms with Gasteiger partial charge in [-0.2, -0.15) is 0 Å². The third-order valence-electron chi connectivity index (χ3n) is 8.14. The number of ketones is 2. The summed E-state index contributed by atoms with van der Waals surface area (Å²) in [6.45, 7) is 0. The summed E-state index contributed by atoms with van der Waals surface area (Å²) in [6, 6.07) is 25.5. The molecule has 14 heteroatoms. The van der Waals surface area contributed by atoms with Crippen molar-refractivity contribution in [2.75, 3.05) is 54.1 Å². The van der Waals surface area contributed by atoms with Gasteiger partial charge in [0.15, 0.2) is 44.8 Å². The van der Waals surface area contributed by atoms with Gasteiger partial charge in [0.1, 0.15) is 0 Å². The molecule has 4 aromatic carbocycles. The van der Waals surface area contributed by atoms with Crippen LogP contribution in [0.3, 0.4) is 0 Å². The Morgan fingerprint density at radius 3 is 1.11 bits per heavy atom. The van der Waals surface area contributed by atoms with Crippen LogP contribution in [0.25, 0.3) is 22.5 Å². The Morgan fingerprint density at radius 2 is 0.833 bits per heavy atom. The van der Waals surface area contributed by atoms with Crippen molar-refractivity contribution >= 4 is 44.5 Å². The topological polar surface area (TPSA) is 167 Å². The van der Waals surface area contributed by atoms with Crippen molar-refractivity contribution in [1.82, 2.24) is 9.97 Å². The van der Waals surface area contributed by atoms with Crippen molar-refractivity contribution in [3.05, 3.63) is 106 Å². The van der Waals surface area contributed by atoms with Crippen LogP contribution in [0, 0.1) is 0 Å². The molecule has 0 atom stereocenters. The van der Waals surface area contributed by atoms with Crippen LogP contribution in [-0.2, 0) is 12.8 Å². The summed E-state index contributed by atoms with van der Waals surface area (Å²) >= 11 is 2.60. The van der Waals surface area contributed by atoms with Gasteiger partial charge in [0.05, 0.1) is 54.0 Å². The zero-order chi connectivity index (χ0) is 38.8. The van der Waals surface area contributed by atoms with Crippen molar-refractivity contribution in [2.45, 2.75) is 12.8 Å². The number of nitrogens with zero attached hydrogens (tertiary/aromatic N) is 2. The number of carbonyl (C=O) groups excluding carboxylic acids is 2. The number of rotatable bonds is 14. The Labute approximate surface area is 321 Å². The van der Waals surface area contributed by atoms with Gasteiger partial charge in [0.25, 0.3) is 0 Å². The van der Waals surface area contributed by atoms with Gasteiger partial charge in [-0.3, -0.25) is 9.59 Å². The molecule has 0 unspecified atom stereocenters. The van der Waals surface area contributed by atoms with Crippen LogP contribution in [0.2, 0.25) is 0 Å². The van der Waals surface area contributed by atoms with Crippen molar-refractivity contribution in [1.29, 1.82) is 0 Å². The summed E-state index contributed by atoms with van der Waals surface area (Å²) in [4.78, 5) is 35.7. The van der Waals surface area contributed by atoms with E-state index in [2.05, 4.69) is 9.97 Å². The number of hydrogen-bond acceptors (Lipinski definition) is 14. The van der Waals surface area contributed by atoms with Gasteiger partial charge in [0, 0.05) is 44.8 Å². The predicted octanol–water partition coefficient (Wildman–Crippen LogP) is 7.69. The third kappa shape index (κ3) is 8.90. The van der Waals surface area contributed by atoms with E-state index in [9.17, 15) is 9.59 Å². The van der Waals surface area contributed by atoms with Crippen molar-refractivity contribution in [3.8, 4) is 57.0 Å². The van der Waals surface area contributed by atoms with E-state index in [1.54, 1.807) is 91.2 Å². The Bertz CT molecular complexity index is 2010. The maximum Gasteiger partial charge on any atom is 0.203 e. The van der Waals surface area contributed by atoms with Gasteiger partial charge in [-0.15, -0.1) is 22.7 Å². The average Bonchev–Trinajstić information content (AvgIpc) is 3.77. The van der Waals surface area contributed by atoms with Gasteiger partial charge in [-0.05, 0) is 24.3 Å². The SMILES string of the molecule is COc1cc(-c2nc(N)sc2CC(=O)c2ccccc2)cc(OC)c1OC.COc1cc(-c2nc(N)sc2CC(=O)c2ccccc2)cc(OC)c1OC. The summed E-state index contributed by atoms with van der Waals surface area (Å²) < 4.78 is 32.4. The number of nitrogens with two attached hydrogens (primary N) is 2. The number of nitrogen functional groups attached to an aromatic ring is 2. The van der Waals surface area contributed by atoms with Crippen molar-refractivity contribution < 1.29 is 38.0 Å². The van der Waals surface area contributed by atoms with Gasteiger partial charge in [-0.1, -0.05) is 60.7 Å². The number of ether oxygens (including phenoxy) is 6. The molecule has 0 bridgehead atoms. The first kappa shape index (κ1) is 39.1. The number of thiazole rings is 2. The first-order valence-electron chi connectivity index (χ1n) is 16.4. The standard InChI is InChI=1S/2C20H20N2O4S/c2*1-24-15-9-13(10-16(25-2)19(15)26-3)18-17(27-20(21)22-18)11-14(23)12-7-5-4-6-8-12/h2*4-10H,11H2,1-3H3,(H2,21,22). The highest BCUT2D eigenvalue weighted by atomic mass is 32.1. The van der Waals surface area contributed by atoms with Crippen LogP contribution in [0.1, 0.15) is 30.5 Å². The van der Waals surface area contributed by atoms with Crippen molar-refractivity contribution in [2.24, 2.45) is 0 Å². The van der Waals surface area contributed by atoms with Crippen LogP contribution >= 0.6 is 22.7 Å². The van der Waals surface area contributed by atoms with Gasteiger partial charge >= 0.3 is 0 Å². The lowest BCUT2D eigenvalue weighted by atomic mass is 10.0. The van der Waals surface area contributed by atoms with Crippen LogP contribution in [0.4, 0.5) is 10.3 Å². The van der Waals surface area contributed by atoms with E-state index in [-0.39, 0.29) is 24.4 Å². The molecule has 0 saturated heterocycles. The molecule has 280 valence electrons. The zero-order valence-corrected chi connectivity index (χ0v) is 32.3. The van der Waals surface area contributed by atoms with Crippen LogP contribution in [0.15, 0.2) is 84.9 Å². The van der Waals surface area contributed by atoms with Crippen molar-refractivity contribution in [3.63, 3.8) is 0 Å². The first-order valence-corrected chi connectivity index (χ1v) is 18.0. The molecule has 6 aromatic rings. The van der Waals surface area contributed by atoms with E-state index in [0.717, 1.165) is 20.9 Å². The van der Waals surface area contributed by atoms with E-state index >= 15 is 0 Å². The molecule has 0 aliphatic carbocycles. The Morgan fingerprint density at radius 1 is 0.519 bits per heavy atom. The average molecular weight is 769 g/mol. The highest BCUT2D eigenvalue weighted by Crippen LogP contribution is 2.44. The van der Waals surface area contributed by atoms with E-state index in [1.807, 2.05) is 36.4 Å². The monoisotopic (exact) mass is 768 g/mol. The third-order valence-corrected chi connectivity index (χ3v) is 9.91. The minimum absolute atomic E-state index is 0.00735. The Balaban J connectivity index is 0.000000208. The number of Topliss-reactive ketones (excluding diaryl/α,β-unsaturated/α-hetero) is 2. The molecule has 0 saturated carbocycles. The molecular weight excluding hydrogens is 729 g/mol. The largest absolute Gasteiger partial charge is 0.493 e. The lowest BCUT2D eigenvalue weighted by Gasteiger charge is -2.14. The van der Waals surface area contributed by atoms with E-state index in [1.165, 1.54) is 22.7 Å². The number of aromatic nitrogens is 2. The molecule has 2 aromatic heterocycles. The summed E-state index contributed by atoms with van der Waals surface area (Å²) in [6.07, 6.45) is 0.426. The molecule has 2 heterocycles. The molecule has 0 amide bonds. The maximum atomic E-state index is 12.6. The summed E-state index contributed by atoms with van der Waals surface area (Å²) in [5, 5.41) is 0.796. The second kappa shape index (κ2) is 18.1. The fourth-order valence-corrected chi connectivity index (χ4v) is 7.32. The lowest BCUT2D eigenvalue weighted by molar-refractivity contribution is 0.0985. The number of carbonyl (C=O) groups is 2. The second-order valence-electron chi connectivity index (χ2n) is 11.4. The summed E-state index contributed by atoms with van der Waals surface area (Å²) in [5.41, 5.74) is 15.9. The number of hydrogen-bond donors (Lipinski definition) is 2. The number of benzene rings is 4. The van der Waals surface area contributed by atoms with Crippen LogP contribution in [0.5, 0.6) is 34.5 Å². The predicted molar refractivity (Wildman–Crippen MR) is 212 cm³/mol. The van der Waals surface area contributed by atoms with Gasteiger partial charge in [-0.25, -0.2) is 9.97 Å². The fraction of sp³-hybridized carbons (Fsp3) is 0.200. The molecule has 0 fully saturated rings. The Hall–Kier alpha value is -6.12. The van der Waals surface area contributed by atoms with E-state index in [4.69, 9.17) is 39.9 Å². The molecule has 54 heavy (non-hydrogen) atoms. The molecule has 0 radical (unpaired) electrons. The zero-order valence-electron chi connectivity index (χ0n) is 30.6. The minimum atomic E-state index is 0.00735. The highest BCUT2D eigenvalue weighted by Gasteiger charge is 2.22. The lowest BCUT2D eigenvalue weighted by Crippen LogP contribution is -2.03. The van der Waals surface area contributed by atoms with Gasteiger partial charge in [0.2, 0.25) is 11.5 Å². The molecular formula is C40H40N4O8S2. The number of anilines is 2. The molecule has 0 aliphatic rings. The van der Waals surface area contributed by atoms with Crippen LogP contribution in [-0.4, -0.2) is 64.2 Å². The summed E-state index contributed by atoms with van der Waals surface area (Å²) in [5.74, 6) is 3.05. The minimum Gasteiger partial charge on any atom is -0.493 e. The molecule has 12 nitrogen and oxygen atoms in total. The normalized spacial score (nSPS) is 10.5. The second-order valence-corrected chi connectivity index (χ2v) is 13.6. The smallest absolute Gasteiger partial charge is 0.203 e. The van der Waals surface area contributed by atoms with Gasteiger partial charge < -0.3 is 39.9 Å². The quantitative estimate of drug-likeness (QED) is 0.104. The molecule has 0 aliphatic heterocycles. The van der Waals surface area contributed by atoms with E-state index < -0.39 is 0 Å². The molecule has 4 N–H and O–H groups in total. The number of methoxy groups -OCH3 is 6. The highest BCUT2D eigenvalue weighted by molar-refractivity contribution is 7.16. The Kier molecular flexibility index (Phi) is 13.1. The molecule has 6 rings (SSSR count). The summed E-state index contributed by atoms with van der Waals surface area (Å²) in [7, 11) is 9.30. The molecule has 0 spiro atoms. The van der Waals surface area contributed by atoms with Crippen LogP contribution < -0.4 is 39.9 Å². The first-order chi connectivity index (χ1) is 26.1. The maximum absolute atomic E-state index is 12.6. The fourth-order valence-electron chi connectivity index (χ4n) is 5.61.